The fraction of sp³-hybridized carbons (Fsp3) is 0.109. The number of halogens is 6. The van der Waals surface area contributed by atoms with Crippen molar-refractivity contribution in [3.8, 4) is 62.5 Å². The van der Waals surface area contributed by atoms with E-state index in [1.165, 1.54) is 6.07 Å². The Balaban J connectivity index is 1.21. The Bertz CT molecular complexity index is 3970. The Hall–Kier alpha value is -8.77. The molecule has 0 bridgehead atoms. The normalized spacial score (nSPS) is 12.1. The summed E-state index contributed by atoms with van der Waals surface area (Å²) in [6.07, 6.45) is -10.2. The fourth-order valence-corrected chi connectivity index (χ4v) is 9.59. The zero-order valence-corrected chi connectivity index (χ0v) is 37.6. The van der Waals surface area contributed by atoms with Crippen LogP contribution in [0, 0.1) is 39.0 Å². The zero-order valence-electron chi connectivity index (χ0n) is 37.6. The van der Waals surface area contributed by atoms with Crippen LogP contribution in [0.1, 0.15) is 40.0 Å². The van der Waals surface area contributed by atoms with Gasteiger partial charge in [-0.2, -0.15) is 31.6 Å². The summed E-state index contributed by atoms with van der Waals surface area (Å²) in [4.78, 5) is 27.0. The lowest BCUT2D eigenvalue weighted by molar-refractivity contribution is -0.142. The number of aryl methyl sites for hydroxylation is 4. The van der Waals surface area contributed by atoms with Crippen molar-refractivity contribution in [2.24, 2.45) is 0 Å². The van der Waals surface area contributed by atoms with Crippen molar-refractivity contribution in [2.45, 2.75) is 40.0 Å². The van der Waals surface area contributed by atoms with E-state index >= 15 is 13.2 Å². The molecule has 70 heavy (non-hydrogen) atoms. The van der Waals surface area contributed by atoms with Gasteiger partial charge in [0.15, 0.2) is 11.6 Å². The van der Waals surface area contributed by atoms with Crippen molar-refractivity contribution in [3.63, 3.8) is 0 Å². The Morgan fingerprint density at radius 2 is 0.943 bits per heavy atom. The SMILES string of the molecule is Cc1nc(C)nc(-c2ccc3c(c2)c2ccccc2n3-c2ccc(-c3ccc(C(F)(F)F)cc3C(F)(F)F)c(-c3cc(C#N)ccc3-n3c4ccccc4c4cc(-c5nc(C)nc(C)n5)ccc43)c2)n1. The van der Waals surface area contributed by atoms with Crippen LogP contribution < -0.4 is 0 Å². The van der Waals surface area contributed by atoms with E-state index < -0.39 is 29.0 Å². The van der Waals surface area contributed by atoms with Crippen molar-refractivity contribution in [1.29, 1.82) is 5.26 Å². The van der Waals surface area contributed by atoms with Crippen molar-refractivity contribution in [3.05, 3.63) is 180 Å². The van der Waals surface area contributed by atoms with Crippen LogP contribution in [0.4, 0.5) is 26.3 Å². The molecular formula is C55H35F6N9. The summed E-state index contributed by atoms with van der Waals surface area (Å²) in [5.74, 6) is 3.22. The summed E-state index contributed by atoms with van der Waals surface area (Å²) in [7, 11) is 0. The summed E-state index contributed by atoms with van der Waals surface area (Å²) >= 11 is 0. The highest BCUT2D eigenvalue weighted by atomic mass is 19.4. The maximum Gasteiger partial charge on any atom is 0.417 e. The predicted molar refractivity (Wildman–Crippen MR) is 257 cm³/mol. The molecule has 0 aliphatic rings. The molecule has 4 aromatic heterocycles. The van der Waals surface area contributed by atoms with E-state index in [4.69, 9.17) is 0 Å². The third-order valence-corrected chi connectivity index (χ3v) is 12.4. The maximum absolute atomic E-state index is 15.2. The third-order valence-electron chi connectivity index (χ3n) is 12.4. The Kier molecular flexibility index (Phi) is 10.1. The number of alkyl halides is 6. The first-order valence-electron chi connectivity index (χ1n) is 22.0. The summed E-state index contributed by atoms with van der Waals surface area (Å²) in [5.41, 5.74) is 2.92. The van der Waals surface area contributed by atoms with Gasteiger partial charge in [-0.05, 0) is 135 Å². The van der Waals surface area contributed by atoms with Crippen molar-refractivity contribution >= 4 is 43.6 Å². The van der Waals surface area contributed by atoms with E-state index in [-0.39, 0.29) is 22.8 Å². The molecule has 0 atom stereocenters. The first-order valence-corrected chi connectivity index (χ1v) is 22.0. The molecule has 11 rings (SSSR count). The van der Waals surface area contributed by atoms with Crippen LogP contribution in [0.3, 0.4) is 0 Å². The molecule has 0 N–H and O–H groups in total. The van der Waals surface area contributed by atoms with Gasteiger partial charge in [0.05, 0.1) is 50.5 Å². The third kappa shape index (κ3) is 7.45. The van der Waals surface area contributed by atoms with E-state index in [9.17, 15) is 18.4 Å². The lowest BCUT2D eigenvalue weighted by Crippen LogP contribution is -2.12. The summed E-state index contributed by atoms with van der Waals surface area (Å²) in [5, 5.41) is 13.8. The molecule has 0 aliphatic carbocycles. The molecule has 0 fully saturated rings. The predicted octanol–water partition coefficient (Wildman–Crippen LogP) is 14.1. The van der Waals surface area contributed by atoms with Crippen LogP contribution in [-0.4, -0.2) is 39.0 Å². The number of para-hydroxylation sites is 2. The lowest BCUT2D eigenvalue weighted by atomic mass is 9.88. The highest BCUT2D eigenvalue weighted by molar-refractivity contribution is 6.12. The van der Waals surface area contributed by atoms with Gasteiger partial charge in [-0.25, -0.2) is 29.9 Å². The second kappa shape index (κ2) is 16.2. The quantitative estimate of drug-likeness (QED) is 0.153. The number of hydrogen-bond acceptors (Lipinski definition) is 7. The Labute approximate surface area is 395 Å². The van der Waals surface area contributed by atoms with Crippen LogP contribution in [0.15, 0.2) is 140 Å². The number of hydrogen-bond donors (Lipinski definition) is 0. The number of aromatic nitrogens is 8. The molecular weight excluding hydrogens is 901 g/mol. The van der Waals surface area contributed by atoms with Gasteiger partial charge in [0.2, 0.25) is 0 Å². The van der Waals surface area contributed by atoms with Gasteiger partial charge in [-0.15, -0.1) is 0 Å². The van der Waals surface area contributed by atoms with Gasteiger partial charge in [-0.3, -0.25) is 0 Å². The molecule has 7 aromatic carbocycles. The van der Waals surface area contributed by atoms with Gasteiger partial charge in [0, 0.05) is 43.9 Å². The van der Waals surface area contributed by atoms with Gasteiger partial charge < -0.3 is 9.13 Å². The topological polar surface area (TPSA) is 111 Å². The van der Waals surface area contributed by atoms with Crippen LogP contribution in [0.25, 0.3) is 100 Å². The fourth-order valence-electron chi connectivity index (χ4n) is 9.59. The monoisotopic (exact) mass is 935 g/mol. The number of nitriles is 1. The molecule has 0 radical (unpaired) electrons. The Morgan fingerprint density at radius 3 is 1.49 bits per heavy atom. The second-order valence-corrected chi connectivity index (χ2v) is 17.0. The van der Waals surface area contributed by atoms with E-state index in [0.29, 0.717) is 58.0 Å². The number of rotatable bonds is 6. The molecule has 0 aliphatic heterocycles. The summed E-state index contributed by atoms with van der Waals surface area (Å²) in [6, 6.07) is 40.7. The summed E-state index contributed by atoms with van der Waals surface area (Å²) < 4.78 is 92.0. The minimum atomic E-state index is -5.19. The molecule has 0 unspecified atom stereocenters. The number of fused-ring (bicyclic) bond motifs is 6. The molecule has 0 saturated heterocycles. The van der Waals surface area contributed by atoms with Gasteiger partial charge >= 0.3 is 12.4 Å². The first-order chi connectivity index (χ1) is 33.5. The highest BCUT2D eigenvalue weighted by Gasteiger charge is 2.39. The van der Waals surface area contributed by atoms with Gasteiger partial charge in [0.25, 0.3) is 0 Å². The van der Waals surface area contributed by atoms with Crippen molar-refractivity contribution in [2.75, 3.05) is 0 Å². The summed E-state index contributed by atoms with van der Waals surface area (Å²) in [6.45, 7) is 7.17. The molecule has 4 heterocycles. The molecule has 0 amide bonds. The molecule has 9 nitrogen and oxygen atoms in total. The van der Waals surface area contributed by atoms with E-state index in [1.54, 1.807) is 58.0 Å². The Morgan fingerprint density at radius 1 is 0.429 bits per heavy atom. The average Bonchev–Trinajstić information content (AvgIpc) is 3.84. The van der Waals surface area contributed by atoms with Crippen LogP contribution >= 0.6 is 0 Å². The van der Waals surface area contributed by atoms with Gasteiger partial charge in [0.1, 0.15) is 23.3 Å². The molecule has 15 heteroatoms. The maximum atomic E-state index is 15.2. The number of benzene rings is 7. The van der Waals surface area contributed by atoms with Crippen LogP contribution in [-0.2, 0) is 12.4 Å². The molecule has 342 valence electrons. The average molecular weight is 936 g/mol. The van der Waals surface area contributed by atoms with Crippen LogP contribution in [0.5, 0.6) is 0 Å². The smallest absolute Gasteiger partial charge is 0.309 e. The first kappa shape index (κ1) is 43.8. The lowest BCUT2D eigenvalue weighted by Gasteiger charge is -2.22. The van der Waals surface area contributed by atoms with Gasteiger partial charge in [-0.1, -0.05) is 48.5 Å². The second-order valence-electron chi connectivity index (χ2n) is 17.0. The van der Waals surface area contributed by atoms with Crippen LogP contribution in [0.2, 0.25) is 0 Å². The minimum Gasteiger partial charge on any atom is -0.309 e. The standard InChI is InChI=1S/C55H35F6N9/c1-29-63-30(2)66-52(65-29)34-14-21-49-44(24-34)40-9-5-7-11-47(40)69(49)37-17-19-38(39-18-16-36(54(56,57)58)26-46(39)55(59,60)61)42(27-37)43-23-33(28-62)13-20-50(43)70-48-12-8-6-10-41(48)45-25-35(15-22-51(45)70)53-67-31(3)64-32(4)68-53/h5-27H,1-4H3. The van der Waals surface area contributed by atoms with E-state index in [1.807, 2.05) is 94.1 Å². The molecule has 0 saturated carbocycles. The largest absolute Gasteiger partial charge is 0.417 e. The zero-order chi connectivity index (χ0) is 48.8. The van der Waals surface area contributed by atoms with E-state index in [0.717, 1.165) is 60.8 Å². The number of nitrogens with zero attached hydrogens (tertiary/aromatic N) is 9. The minimum absolute atomic E-state index is 0.00611. The van der Waals surface area contributed by atoms with Crippen molar-refractivity contribution < 1.29 is 26.3 Å². The van der Waals surface area contributed by atoms with Crippen molar-refractivity contribution in [1.82, 2.24) is 39.0 Å². The van der Waals surface area contributed by atoms with E-state index in [2.05, 4.69) is 36.0 Å². The highest BCUT2D eigenvalue weighted by Crippen LogP contribution is 2.47. The molecule has 11 aromatic rings. The molecule has 0 spiro atoms.